The Kier molecular flexibility index (Phi) is 8.08. The summed E-state index contributed by atoms with van der Waals surface area (Å²) in [5, 5.41) is 7.92. The zero-order valence-electron chi connectivity index (χ0n) is 28.9. The van der Waals surface area contributed by atoms with Crippen molar-refractivity contribution in [1.82, 2.24) is 24.1 Å². The third-order valence-corrected chi connectivity index (χ3v) is 9.56. The smallest absolute Gasteiger partial charge is 0.503 e. The molecule has 5 aromatic carbocycles. The van der Waals surface area contributed by atoms with Crippen LogP contribution in [0.25, 0.3) is 66.6 Å². The van der Waals surface area contributed by atoms with E-state index in [-0.39, 0.29) is 21.1 Å². The van der Waals surface area contributed by atoms with Crippen LogP contribution < -0.4 is 4.74 Å². The average molecular weight is 843 g/mol. The van der Waals surface area contributed by atoms with E-state index in [9.17, 15) is 0 Å². The predicted octanol–water partition coefficient (Wildman–Crippen LogP) is 10.6. The van der Waals surface area contributed by atoms with Gasteiger partial charge in [-0.3, -0.25) is 9.67 Å². The van der Waals surface area contributed by atoms with Crippen LogP contribution in [0.4, 0.5) is 0 Å². The Morgan fingerprint density at radius 1 is 0.647 bits per heavy atom. The first-order valence-corrected chi connectivity index (χ1v) is 16.8. The molecule has 0 saturated heterocycles. The molecule has 250 valence electrons. The number of nitrogens with zero attached hydrogens (tertiary/aromatic N) is 5. The van der Waals surface area contributed by atoms with Gasteiger partial charge in [-0.05, 0) is 103 Å². The summed E-state index contributed by atoms with van der Waals surface area (Å²) in [4.78, 5) is 9.71. The minimum Gasteiger partial charge on any atom is -0.503 e. The second-order valence-corrected chi connectivity index (χ2v) is 13.2. The largest absolute Gasteiger partial charge is 2.00 e. The van der Waals surface area contributed by atoms with Gasteiger partial charge in [0.15, 0.2) is 0 Å². The second kappa shape index (κ2) is 12.6. The predicted molar refractivity (Wildman–Crippen MR) is 201 cm³/mol. The van der Waals surface area contributed by atoms with E-state index >= 15 is 0 Å². The standard InChI is InChI=1S/C44H33N5O.Pt/c1-26-20-27(2)41(28(3)21-26)31-22-29(4)42(30(5)23-31)39-17-19-48(47-39)32-10-8-11-33(24-32)50-34-15-16-35-36-12-9-18-45-43(36)49-40-14-7-6-13-38(40)46-44(49)37(35)25-34;/h6-23H,1-5H3;/q-2;+2. The molecule has 0 aliphatic heterocycles. The first-order valence-electron chi connectivity index (χ1n) is 16.8. The van der Waals surface area contributed by atoms with Crippen LogP contribution in [-0.2, 0) is 21.1 Å². The van der Waals surface area contributed by atoms with Crippen LogP contribution in [-0.4, -0.2) is 24.1 Å². The van der Waals surface area contributed by atoms with E-state index < -0.39 is 0 Å². The van der Waals surface area contributed by atoms with Crippen LogP contribution in [0.2, 0.25) is 0 Å². The molecule has 51 heavy (non-hydrogen) atoms. The number of fused-ring (bicyclic) bond motifs is 8. The molecule has 9 rings (SSSR count). The molecule has 0 unspecified atom stereocenters. The molecule has 4 aromatic heterocycles. The van der Waals surface area contributed by atoms with Gasteiger partial charge in [0.25, 0.3) is 0 Å². The third-order valence-electron chi connectivity index (χ3n) is 9.56. The number of para-hydroxylation sites is 2. The molecule has 7 heteroatoms. The maximum Gasteiger partial charge on any atom is 2.00 e. The molecule has 0 saturated carbocycles. The van der Waals surface area contributed by atoms with Crippen LogP contribution in [0.15, 0.2) is 109 Å². The molecule has 6 nitrogen and oxygen atoms in total. The van der Waals surface area contributed by atoms with Crippen LogP contribution >= 0.6 is 0 Å². The monoisotopic (exact) mass is 842 g/mol. The number of imidazole rings is 1. The molecule has 0 spiro atoms. The Morgan fingerprint density at radius 2 is 1.39 bits per heavy atom. The van der Waals surface area contributed by atoms with Gasteiger partial charge in [-0.1, -0.05) is 64.9 Å². The summed E-state index contributed by atoms with van der Waals surface area (Å²) in [6.07, 6.45) is 3.80. The van der Waals surface area contributed by atoms with E-state index in [1.807, 2.05) is 65.6 Å². The number of ether oxygens (including phenoxy) is 1. The van der Waals surface area contributed by atoms with Crippen LogP contribution in [0.1, 0.15) is 27.8 Å². The number of benzene rings is 5. The summed E-state index contributed by atoms with van der Waals surface area (Å²) in [6.45, 7) is 10.9. The normalized spacial score (nSPS) is 11.5. The minimum atomic E-state index is 0. The van der Waals surface area contributed by atoms with E-state index in [1.165, 1.54) is 38.9 Å². The van der Waals surface area contributed by atoms with Crippen molar-refractivity contribution in [2.24, 2.45) is 0 Å². The fourth-order valence-corrected chi connectivity index (χ4v) is 7.61. The van der Waals surface area contributed by atoms with E-state index in [1.54, 1.807) is 0 Å². The molecule has 0 aliphatic rings. The molecular formula is C44H33N5OPt. The summed E-state index contributed by atoms with van der Waals surface area (Å²) in [6, 6.07) is 40.1. The molecule has 0 aliphatic carbocycles. The van der Waals surface area contributed by atoms with Crippen molar-refractivity contribution in [1.29, 1.82) is 0 Å². The third kappa shape index (κ3) is 5.51. The van der Waals surface area contributed by atoms with Gasteiger partial charge in [0.2, 0.25) is 0 Å². The van der Waals surface area contributed by atoms with Crippen molar-refractivity contribution in [3.8, 4) is 39.6 Å². The van der Waals surface area contributed by atoms with E-state index in [2.05, 4.69) is 99.7 Å². The SMILES string of the molecule is Cc1cc(C)c(-c2cc(C)c(-c3ccn(-c4[c-]c(Oc5[c-]c6c(cc5)c5cccnc5n5c7ccccc7nc65)ccc4)n3)c(C)c2)c(C)c1.[Pt+2]. The molecule has 0 bridgehead atoms. The van der Waals surface area contributed by atoms with Gasteiger partial charge < -0.3 is 9.14 Å². The number of rotatable bonds is 5. The zero-order valence-corrected chi connectivity index (χ0v) is 31.1. The molecule has 0 N–H and O–H groups in total. The number of hydrogen-bond donors (Lipinski definition) is 0. The first-order chi connectivity index (χ1) is 24.3. The average Bonchev–Trinajstić information content (AvgIpc) is 3.74. The molecule has 4 heterocycles. The van der Waals surface area contributed by atoms with Crippen molar-refractivity contribution < 1.29 is 25.8 Å². The van der Waals surface area contributed by atoms with Gasteiger partial charge in [-0.25, -0.2) is 4.98 Å². The van der Waals surface area contributed by atoms with Gasteiger partial charge in [-0.2, -0.15) is 11.2 Å². The number of aryl methyl sites for hydroxylation is 5. The van der Waals surface area contributed by atoms with Crippen LogP contribution in [0.5, 0.6) is 11.5 Å². The minimum absolute atomic E-state index is 0. The van der Waals surface area contributed by atoms with E-state index in [0.29, 0.717) is 11.5 Å². The molecular weight excluding hydrogens is 810 g/mol. The Morgan fingerprint density at radius 3 is 2.20 bits per heavy atom. The van der Waals surface area contributed by atoms with E-state index in [4.69, 9.17) is 19.8 Å². The molecule has 0 atom stereocenters. The van der Waals surface area contributed by atoms with Gasteiger partial charge in [0, 0.05) is 29.5 Å². The summed E-state index contributed by atoms with van der Waals surface area (Å²) >= 11 is 0. The maximum absolute atomic E-state index is 6.39. The summed E-state index contributed by atoms with van der Waals surface area (Å²) in [5.74, 6) is 1.15. The van der Waals surface area contributed by atoms with E-state index in [0.717, 1.165) is 55.4 Å². The zero-order chi connectivity index (χ0) is 34.1. The summed E-state index contributed by atoms with van der Waals surface area (Å²) in [5.41, 5.74) is 15.2. The van der Waals surface area contributed by atoms with Crippen molar-refractivity contribution in [2.75, 3.05) is 0 Å². The van der Waals surface area contributed by atoms with Crippen molar-refractivity contribution in [3.63, 3.8) is 0 Å². The number of pyridine rings is 2. The topological polar surface area (TPSA) is 57.2 Å². The molecule has 0 radical (unpaired) electrons. The summed E-state index contributed by atoms with van der Waals surface area (Å²) in [7, 11) is 0. The van der Waals surface area contributed by atoms with Gasteiger partial charge in [0.1, 0.15) is 5.65 Å². The first kappa shape index (κ1) is 32.6. The number of aromatic nitrogens is 5. The van der Waals surface area contributed by atoms with Gasteiger partial charge in [0.05, 0.1) is 22.4 Å². The number of hydrogen-bond acceptors (Lipinski definition) is 4. The molecule has 0 amide bonds. The fraction of sp³-hybridized carbons (Fsp3) is 0.114. The fourth-order valence-electron chi connectivity index (χ4n) is 7.61. The van der Waals surface area contributed by atoms with Crippen LogP contribution in [0, 0.1) is 46.8 Å². The van der Waals surface area contributed by atoms with Gasteiger partial charge >= 0.3 is 21.1 Å². The van der Waals surface area contributed by atoms with Crippen molar-refractivity contribution in [3.05, 3.63) is 149 Å². The second-order valence-electron chi connectivity index (χ2n) is 13.2. The Balaban J connectivity index is 0.00000374. The molecule has 0 fully saturated rings. The Hall–Kier alpha value is -5.58. The van der Waals surface area contributed by atoms with Crippen molar-refractivity contribution in [2.45, 2.75) is 34.6 Å². The summed E-state index contributed by atoms with van der Waals surface area (Å²) < 4.78 is 10.4. The quantitative estimate of drug-likeness (QED) is 0.128. The van der Waals surface area contributed by atoms with Gasteiger partial charge in [-0.15, -0.1) is 30.3 Å². The molecule has 9 aromatic rings. The van der Waals surface area contributed by atoms with Crippen LogP contribution in [0.3, 0.4) is 0 Å². The van der Waals surface area contributed by atoms with Crippen molar-refractivity contribution >= 4 is 38.5 Å². The Labute approximate surface area is 310 Å². The maximum atomic E-state index is 6.39. The Bertz CT molecular complexity index is 2770.